The van der Waals surface area contributed by atoms with Crippen LogP contribution in [0.4, 0.5) is 0 Å². The van der Waals surface area contributed by atoms with E-state index in [0.29, 0.717) is 10.8 Å². The van der Waals surface area contributed by atoms with E-state index < -0.39 is 0 Å². The maximum Gasteiger partial charge on any atom is -0.00802 e. The van der Waals surface area contributed by atoms with Gasteiger partial charge in [0.25, 0.3) is 0 Å². The smallest absolute Gasteiger partial charge is 0.00802 e. The third-order valence-corrected chi connectivity index (χ3v) is 11.2. The molecule has 7 atom stereocenters. The van der Waals surface area contributed by atoms with E-state index in [9.17, 15) is 0 Å². The van der Waals surface area contributed by atoms with E-state index in [0.717, 1.165) is 35.5 Å². The number of hydrogen-bond acceptors (Lipinski definition) is 0. The molecule has 3 saturated carbocycles. The molecule has 0 nitrogen and oxygen atoms in total. The molecule has 0 aromatic heterocycles. The highest BCUT2D eigenvalue weighted by Gasteiger charge is 2.53. The van der Waals surface area contributed by atoms with E-state index >= 15 is 0 Å². The summed E-state index contributed by atoms with van der Waals surface area (Å²) in [5.41, 5.74) is 6.39. The summed E-state index contributed by atoms with van der Waals surface area (Å²) < 4.78 is 0. The Balaban J connectivity index is 1.36. The van der Waals surface area contributed by atoms with Crippen LogP contribution in [0.3, 0.4) is 0 Å². The third kappa shape index (κ3) is 3.21. The van der Waals surface area contributed by atoms with Gasteiger partial charge in [-0.05, 0) is 115 Å². The number of benzene rings is 1. The highest BCUT2D eigenvalue weighted by atomic mass is 14.6. The molecule has 0 saturated heterocycles. The minimum absolute atomic E-state index is 0.488. The highest BCUT2D eigenvalue weighted by molar-refractivity contribution is 5.36. The van der Waals surface area contributed by atoms with Crippen LogP contribution in [0.25, 0.3) is 0 Å². The van der Waals surface area contributed by atoms with Crippen molar-refractivity contribution in [3.8, 4) is 0 Å². The Labute approximate surface area is 191 Å². The first-order chi connectivity index (χ1) is 15.0. The Morgan fingerprint density at radius 3 is 2.48 bits per heavy atom. The molecule has 168 valence electrons. The third-order valence-electron chi connectivity index (χ3n) is 11.2. The SMILES string of the molecule is CC1(C)CCC[C@]2(C)C3=CC(C4Cc5ccccc5C5CCCCC54)CCC3CCC12. The largest absolute Gasteiger partial charge is 0.0811 e. The van der Waals surface area contributed by atoms with Crippen LogP contribution in [0, 0.1) is 40.4 Å². The molecule has 5 aliphatic carbocycles. The zero-order valence-corrected chi connectivity index (χ0v) is 20.3. The van der Waals surface area contributed by atoms with Gasteiger partial charge in [0.2, 0.25) is 0 Å². The normalized spacial score (nSPS) is 43.6. The van der Waals surface area contributed by atoms with Gasteiger partial charge in [-0.2, -0.15) is 0 Å². The molecule has 1 aromatic carbocycles. The molecule has 6 unspecified atom stereocenters. The first-order valence-corrected chi connectivity index (χ1v) is 13.8. The maximum atomic E-state index is 2.94. The van der Waals surface area contributed by atoms with Gasteiger partial charge in [0.1, 0.15) is 0 Å². The second-order valence-corrected chi connectivity index (χ2v) is 13.1. The van der Waals surface area contributed by atoms with Crippen molar-refractivity contribution in [2.45, 2.75) is 104 Å². The fourth-order valence-electron chi connectivity index (χ4n) is 9.85. The Hall–Kier alpha value is -1.04. The molecule has 0 aliphatic heterocycles. The van der Waals surface area contributed by atoms with Crippen molar-refractivity contribution in [3.05, 3.63) is 47.0 Å². The monoisotopic (exact) mass is 416 g/mol. The molecule has 0 radical (unpaired) electrons. The van der Waals surface area contributed by atoms with Crippen molar-refractivity contribution in [3.63, 3.8) is 0 Å². The van der Waals surface area contributed by atoms with E-state index in [1.165, 1.54) is 77.0 Å². The first-order valence-electron chi connectivity index (χ1n) is 13.8. The standard InChI is InChI=1S/C31H44/c1-30(2)17-8-18-31(3)28-20-23(14-13-21(28)15-16-29(30)31)27-19-22-9-4-5-10-24(22)25-11-6-7-12-26(25)27/h4-5,9-10,20-21,23,25-27,29H,6-8,11-19H2,1-3H3/t21?,23?,25?,26?,27?,29?,31-/m1/s1. The lowest BCUT2D eigenvalue weighted by Gasteiger charge is -2.58. The highest BCUT2D eigenvalue weighted by Crippen LogP contribution is 2.63. The molecule has 0 heteroatoms. The lowest BCUT2D eigenvalue weighted by Crippen LogP contribution is -2.49. The van der Waals surface area contributed by atoms with Gasteiger partial charge in [0, 0.05) is 0 Å². The second kappa shape index (κ2) is 7.50. The molecule has 0 bridgehead atoms. The summed E-state index contributed by atoms with van der Waals surface area (Å²) in [6.07, 6.45) is 20.4. The summed E-state index contributed by atoms with van der Waals surface area (Å²) in [7, 11) is 0. The summed E-state index contributed by atoms with van der Waals surface area (Å²) in [4.78, 5) is 0. The van der Waals surface area contributed by atoms with Crippen LogP contribution in [0.15, 0.2) is 35.9 Å². The molecule has 0 N–H and O–H groups in total. The zero-order valence-electron chi connectivity index (χ0n) is 20.3. The minimum atomic E-state index is 0.488. The minimum Gasteiger partial charge on any atom is -0.0811 e. The summed E-state index contributed by atoms with van der Waals surface area (Å²) in [5.74, 6) is 5.34. The van der Waals surface area contributed by atoms with E-state index in [1.807, 2.05) is 5.57 Å². The molecule has 1 aromatic rings. The van der Waals surface area contributed by atoms with Gasteiger partial charge < -0.3 is 0 Å². The van der Waals surface area contributed by atoms with E-state index in [4.69, 9.17) is 0 Å². The van der Waals surface area contributed by atoms with Crippen LogP contribution in [-0.2, 0) is 6.42 Å². The van der Waals surface area contributed by atoms with Crippen molar-refractivity contribution in [2.75, 3.05) is 0 Å². The summed E-state index contributed by atoms with van der Waals surface area (Å²) in [6, 6.07) is 9.53. The molecule has 3 fully saturated rings. The average molecular weight is 417 g/mol. The van der Waals surface area contributed by atoms with Gasteiger partial charge in [0.05, 0.1) is 0 Å². The Morgan fingerprint density at radius 2 is 1.58 bits per heavy atom. The maximum absolute atomic E-state index is 2.94. The van der Waals surface area contributed by atoms with Crippen molar-refractivity contribution < 1.29 is 0 Å². The van der Waals surface area contributed by atoms with Crippen molar-refractivity contribution >= 4 is 0 Å². The van der Waals surface area contributed by atoms with Gasteiger partial charge in [-0.1, -0.05) is 75.9 Å². The van der Waals surface area contributed by atoms with Gasteiger partial charge in [-0.15, -0.1) is 0 Å². The lowest BCUT2D eigenvalue weighted by molar-refractivity contribution is -0.0141. The van der Waals surface area contributed by atoms with Gasteiger partial charge in [-0.3, -0.25) is 0 Å². The van der Waals surface area contributed by atoms with Crippen LogP contribution in [-0.4, -0.2) is 0 Å². The topological polar surface area (TPSA) is 0 Å². The predicted molar refractivity (Wildman–Crippen MR) is 131 cm³/mol. The van der Waals surface area contributed by atoms with Crippen LogP contribution in [0.5, 0.6) is 0 Å². The fourth-order valence-corrected chi connectivity index (χ4v) is 9.85. The van der Waals surface area contributed by atoms with E-state index in [1.54, 1.807) is 11.1 Å². The summed E-state index contributed by atoms with van der Waals surface area (Å²) in [5, 5.41) is 0. The van der Waals surface area contributed by atoms with Gasteiger partial charge >= 0.3 is 0 Å². The van der Waals surface area contributed by atoms with Crippen LogP contribution < -0.4 is 0 Å². The molecule has 0 spiro atoms. The van der Waals surface area contributed by atoms with Crippen LogP contribution in [0.2, 0.25) is 0 Å². The van der Waals surface area contributed by atoms with Crippen molar-refractivity contribution in [1.29, 1.82) is 0 Å². The predicted octanol–water partition coefficient (Wildman–Crippen LogP) is 8.71. The fraction of sp³-hybridized carbons (Fsp3) is 0.742. The molecular weight excluding hydrogens is 372 g/mol. The summed E-state index contributed by atoms with van der Waals surface area (Å²) >= 11 is 0. The van der Waals surface area contributed by atoms with E-state index in [2.05, 4.69) is 51.1 Å². The lowest BCUT2D eigenvalue weighted by atomic mass is 9.46. The molecule has 6 rings (SSSR count). The molecule has 0 amide bonds. The number of fused-ring (bicyclic) bond motifs is 6. The van der Waals surface area contributed by atoms with Gasteiger partial charge in [0.15, 0.2) is 0 Å². The Kier molecular flexibility index (Phi) is 4.97. The van der Waals surface area contributed by atoms with Crippen LogP contribution >= 0.6 is 0 Å². The summed E-state index contributed by atoms with van der Waals surface area (Å²) in [6.45, 7) is 7.86. The molecule has 0 heterocycles. The molecule has 31 heavy (non-hydrogen) atoms. The van der Waals surface area contributed by atoms with Crippen LogP contribution in [0.1, 0.15) is 108 Å². The first kappa shape index (κ1) is 20.6. The Morgan fingerprint density at radius 1 is 0.774 bits per heavy atom. The van der Waals surface area contributed by atoms with Gasteiger partial charge in [-0.25, -0.2) is 0 Å². The Bertz CT molecular complexity index is 859. The number of rotatable bonds is 1. The molecule has 5 aliphatic rings. The number of hydrogen-bond donors (Lipinski definition) is 0. The van der Waals surface area contributed by atoms with E-state index in [-0.39, 0.29) is 0 Å². The molecular formula is C31H44. The second-order valence-electron chi connectivity index (χ2n) is 13.1. The quantitative estimate of drug-likeness (QED) is 0.401. The zero-order chi connectivity index (χ0) is 21.2. The van der Waals surface area contributed by atoms with Crippen molar-refractivity contribution in [2.24, 2.45) is 40.4 Å². The van der Waals surface area contributed by atoms with Crippen molar-refractivity contribution in [1.82, 2.24) is 0 Å². The average Bonchev–Trinajstić information content (AvgIpc) is 2.78. The number of allylic oxidation sites excluding steroid dienone is 2.